The molecule has 1 aliphatic rings. The Morgan fingerprint density at radius 3 is 2.57 bits per heavy atom. The van der Waals surface area contributed by atoms with Gasteiger partial charge in [0.25, 0.3) is 0 Å². The quantitative estimate of drug-likeness (QED) is 0.888. The summed E-state index contributed by atoms with van der Waals surface area (Å²) in [5.74, 6) is -0.879. The van der Waals surface area contributed by atoms with Crippen LogP contribution in [0.5, 0.6) is 0 Å². The monoisotopic (exact) mass is 293 g/mol. The van der Waals surface area contributed by atoms with Crippen LogP contribution < -0.4 is 0 Å². The fourth-order valence-corrected chi connectivity index (χ4v) is 3.36. The maximum Gasteiger partial charge on any atom is 0.131 e. The molecule has 0 aromatic heterocycles. The highest BCUT2D eigenvalue weighted by Crippen LogP contribution is 2.48. The molecule has 0 aliphatic heterocycles. The van der Waals surface area contributed by atoms with Crippen molar-refractivity contribution in [2.45, 2.75) is 51.6 Å². The van der Waals surface area contributed by atoms with Crippen LogP contribution in [0.25, 0.3) is 0 Å². The number of rotatable bonds is 4. The molecule has 114 valence electrons. The molecule has 2 rings (SSSR count). The number of nitrogens with zero attached hydrogens (tertiary/aromatic N) is 1. The predicted octanol–water partition coefficient (Wildman–Crippen LogP) is 4.50. The van der Waals surface area contributed by atoms with Crippen molar-refractivity contribution in [2.75, 3.05) is 0 Å². The molecule has 1 aromatic carbocycles. The minimum Gasteiger partial charge on any atom is -0.387 e. The Morgan fingerprint density at radius 1 is 1.38 bits per heavy atom. The van der Waals surface area contributed by atoms with Crippen LogP contribution >= 0.6 is 0 Å². The van der Waals surface area contributed by atoms with Crippen molar-refractivity contribution in [1.82, 2.24) is 0 Å². The van der Waals surface area contributed by atoms with Gasteiger partial charge in [0.05, 0.1) is 11.5 Å². The number of halogens is 2. The van der Waals surface area contributed by atoms with Gasteiger partial charge in [0.2, 0.25) is 0 Å². The SMILES string of the molecule is CCCC1CCC(C#N)(C(O)c2ccc(F)cc2F)CC1. The van der Waals surface area contributed by atoms with E-state index in [-0.39, 0.29) is 5.56 Å². The summed E-state index contributed by atoms with van der Waals surface area (Å²) in [6.07, 6.45) is 3.91. The van der Waals surface area contributed by atoms with Crippen LogP contribution in [0.3, 0.4) is 0 Å². The zero-order valence-corrected chi connectivity index (χ0v) is 12.3. The average Bonchev–Trinajstić information content (AvgIpc) is 2.48. The topological polar surface area (TPSA) is 44.0 Å². The highest BCUT2D eigenvalue weighted by molar-refractivity contribution is 5.25. The first-order valence-corrected chi connectivity index (χ1v) is 7.56. The van der Waals surface area contributed by atoms with Gasteiger partial charge < -0.3 is 5.11 Å². The second-order valence-electron chi connectivity index (χ2n) is 6.07. The Balaban J connectivity index is 2.20. The van der Waals surface area contributed by atoms with Crippen molar-refractivity contribution in [3.63, 3.8) is 0 Å². The lowest BCUT2D eigenvalue weighted by atomic mass is 9.66. The Hall–Kier alpha value is -1.47. The second kappa shape index (κ2) is 6.53. The van der Waals surface area contributed by atoms with E-state index in [1.807, 2.05) is 0 Å². The molecule has 0 radical (unpaired) electrons. The summed E-state index contributed by atoms with van der Waals surface area (Å²) >= 11 is 0. The van der Waals surface area contributed by atoms with Crippen molar-refractivity contribution in [3.8, 4) is 6.07 Å². The molecule has 1 aliphatic carbocycles. The first kappa shape index (κ1) is 15.9. The van der Waals surface area contributed by atoms with E-state index in [4.69, 9.17) is 0 Å². The van der Waals surface area contributed by atoms with Crippen LogP contribution in [0.15, 0.2) is 18.2 Å². The van der Waals surface area contributed by atoms with Crippen molar-refractivity contribution in [1.29, 1.82) is 5.26 Å². The third-order valence-electron chi connectivity index (χ3n) is 4.70. The number of aliphatic hydroxyl groups is 1. The molecule has 1 saturated carbocycles. The van der Waals surface area contributed by atoms with Crippen molar-refractivity contribution in [2.24, 2.45) is 11.3 Å². The van der Waals surface area contributed by atoms with Crippen LogP contribution in [0.1, 0.15) is 57.1 Å². The number of hydrogen-bond acceptors (Lipinski definition) is 2. The van der Waals surface area contributed by atoms with Crippen LogP contribution in [-0.4, -0.2) is 5.11 Å². The summed E-state index contributed by atoms with van der Waals surface area (Å²) in [5, 5.41) is 20.0. The first-order valence-electron chi connectivity index (χ1n) is 7.56. The summed E-state index contributed by atoms with van der Waals surface area (Å²) in [4.78, 5) is 0. The number of benzene rings is 1. The van der Waals surface area contributed by atoms with Gasteiger partial charge in [-0.05, 0) is 37.7 Å². The lowest BCUT2D eigenvalue weighted by molar-refractivity contribution is 0.0212. The average molecular weight is 293 g/mol. The Labute approximate surface area is 124 Å². The molecule has 0 spiro atoms. The zero-order valence-electron chi connectivity index (χ0n) is 12.3. The molecule has 0 amide bonds. The molecule has 1 fully saturated rings. The van der Waals surface area contributed by atoms with Crippen molar-refractivity contribution in [3.05, 3.63) is 35.4 Å². The summed E-state index contributed by atoms with van der Waals surface area (Å²) in [7, 11) is 0. The van der Waals surface area contributed by atoms with Crippen molar-refractivity contribution >= 4 is 0 Å². The Kier molecular flexibility index (Phi) is 4.95. The van der Waals surface area contributed by atoms with Gasteiger partial charge in [-0.15, -0.1) is 0 Å². The molecule has 1 N–H and O–H groups in total. The van der Waals surface area contributed by atoms with Gasteiger partial charge >= 0.3 is 0 Å². The van der Waals surface area contributed by atoms with E-state index in [1.54, 1.807) is 0 Å². The third kappa shape index (κ3) is 3.24. The fourth-order valence-electron chi connectivity index (χ4n) is 3.36. The third-order valence-corrected chi connectivity index (χ3v) is 4.70. The molecule has 1 unspecified atom stereocenters. The van der Waals surface area contributed by atoms with Crippen LogP contribution in [-0.2, 0) is 0 Å². The molecule has 1 atom stereocenters. The number of nitriles is 1. The summed E-state index contributed by atoms with van der Waals surface area (Å²) in [6.45, 7) is 2.13. The van der Waals surface area contributed by atoms with Gasteiger partial charge in [-0.25, -0.2) is 8.78 Å². The predicted molar refractivity (Wildman–Crippen MR) is 76.2 cm³/mol. The summed E-state index contributed by atoms with van der Waals surface area (Å²) in [6, 6.07) is 5.33. The van der Waals surface area contributed by atoms with Crippen LogP contribution in [0, 0.1) is 34.3 Å². The van der Waals surface area contributed by atoms with Gasteiger partial charge in [-0.3, -0.25) is 0 Å². The Morgan fingerprint density at radius 2 is 2.05 bits per heavy atom. The van der Waals surface area contributed by atoms with Crippen LogP contribution in [0.4, 0.5) is 8.78 Å². The van der Waals surface area contributed by atoms with E-state index in [0.717, 1.165) is 37.8 Å². The maximum atomic E-state index is 13.9. The van der Waals surface area contributed by atoms with Crippen molar-refractivity contribution < 1.29 is 13.9 Å². The molecule has 0 heterocycles. The second-order valence-corrected chi connectivity index (χ2v) is 6.07. The van der Waals surface area contributed by atoms with Gasteiger partial charge in [0.1, 0.15) is 17.7 Å². The normalized spacial score (nSPS) is 27.1. The molecule has 2 nitrogen and oxygen atoms in total. The fraction of sp³-hybridized carbons (Fsp3) is 0.588. The summed E-state index contributed by atoms with van der Waals surface area (Å²) in [5.41, 5.74) is -0.935. The minimum absolute atomic E-state index is 0.0203. The summed E-state index contributed by atoms with van der Waals surface area (Å²) < 4.78 is 26.8. The minimum atomic E-state index is -1.20. The highest BCUT2D eigenvalue weighted by Gasteiger charge is 2.43. The first-order chi connectivity index (χ1) is 10.0. The van der Waals surface area contributed by atoms with E-state index in [1.165, 1.54) is 6.07 Å². The molecule has 21 heavy (non-hydrogen) atoms. The molecule has 0 bridgehead atoms. The van der Waals surface area contributed by atoms with E-state index in [2.05, 4.69) is 13.0 Å². The maximum absolute atomic E-state index is 13.9. The van der Waals surface area contributed by atoms with E-state index >= 15 is 0 Å². The Bertz CT molecular complexity index is 530. The molecular formula is C17H21F2NO. The molecule has 1 aromatic rings. The van der Waals surface area contributed by atoms with Gasteiger partial charge in [0, 0.05) is 11.6 Å². The largest absolute Gasteiger partial charge is 0.387 e. The van der Waals surface area contributed by atoms with Gasteiger partial charge in [-0.1, -0.05) is 25.8 Å². The van der Waals surface area contributed by atoms with Crippen LogP contribution in [0.2, 0.25) is 0 Å². The standard InChI is InChI=1S/C17H21F2NO/c1-2-3-12-6-8-17(11-20,9-7-12)16(21)14-5-4-13(18)10-15(14)19/h4-5,10,12,16,21H,2-3,6-9H2,1H3. The smallest absolute Gasteiger partial charge is 0.131 e. The molecular weight excluding hydrogens is 272 g/mol. The zero-order chi connectivity index (χ0) is 15.5. The van der Waals surface area contributed by atoms with E-state index < -0.39 is 23.2 Å². The van der Waals surface area contributed by atoms with E-state index in [9.17, 15) is 19.1 Å². The lowest BCUT2D eigenvalue weighted by Crippen LogP contribution is -2.33. The molecule has 4 heteroatoms. The van der Waals surface area contributed by atoms with E-state index in [0.29, 0.717) is 18.8 Å². The van der Waals surface area contributed by atoms with Gasteiger partial charge in [0.15, 0.2) is 0 Å². The number of hydrogen-bond donors (Lipinski definition) is 1. The highest BCUT2D eigenvalue weighted by atomic mass is 19.1. The molecule has 0 saturated heterocycles. The number of aliphatic hydroxyl groups excluding tert-OH is 1. The van der Waals surface area contributed by atoms with Gasteiger partial charge in [-0.2, -0.15) is 5.26 Å². The lowest BCUT2D eigenvalue weighted by Gasteiger charge is -2.38.